The van der Waals surface area contributed by atoms with Crippen LogP contribution in [0.15, 0.2) is 24.3 Å². The van der Waals surface area contributed by atoms with Gasteiger partial charge in [0, 0.05) is 18.3 Å². The molecule has 1 aromatic heterocycles. The maximum atomic E-state index is 12.4. The second kappa shape index (κ2) is 6.24. The molecule has 6 nitrogen and oxygen atoms in total. The Morgan fingerprint density at radius 3 is 2.78 bits per heavy atom. The molecule has 1 heterocycles. The van der Waals surface area contributed by atoms with Crippen molar-refractivity contribution in [2.24, 2.45) is 0 Å². The van der Waals surface area contributed by atoms with Crippen molar-refractivity contribution < 1.29 is 9.59 Å². The maximum absolute atomic E-state index is 12.4. The summed E-state index contributed by atoms with van der Waals surface area (Å²) in [4.78, 5) is 23.7. The van der Waals surface area contributed by atoms with E-state index in [1.54, 1.807) is 7.05 Å². The molecule has 0 fully saturated rings. The second-order valence-corrected chi connectivity index (χ2v) is 5.68. The van der Waals surface area contributed by atoms with E-state index in [-0.39, 0.29) is 18.4 Å². The van der Waals surface area contributed by atoms with Gasteiger partial charge in [-0.2, -0.15) is 5.10 Å². The molecular formula is C17H20N4O2. The Kier molecular flexibility index (Phi) is 4.14. The van der Waals surface area contributed by atoms with E-state index in [9.17, 15) is 9.59 Å². The lowest BCUT2D eigenvalue weighted by molar-refractivity contribution is -0.119. The van der Waals surface area contributed by atoms with Crippen LogP contribution >= 0.6 is 0 Å². The number of likely N-dealkylation sites (N-methyl/N-ethyl adjacent to an activating group) is 1. The number of para-hydroxylation sites is 1. The molecule has 0 spiro atoms. The van der Waals surface area contributed by atoms with E-state index in [0.717, 1.165) is 41.8 Å². The first-order chi connectivity index (χ1) is 11.1. The first kappa shape index (κ1) is 15.3. The minimum absolute atomic E-state index is 0.0403. The summed E-state index contributed by atoms with van der Waals surface area (Å²) in [5.74, 6) is -0.521. The molecule has 0 radical (unpaired) electrons. The van der Waals surface area contributed by atoms with Gasteiger partial charge >= 0.3 is 0 Å². The van der Waals surface area contributed by atoms with E-state index in [4.69, 9.17) is 0 Å². The summed E-state index contributed by atoms with van der Waals surface area (Å²) in [6.45, 7) is 1.99. The average Bonchev–Trinajstić information content (AvgIpc) is 3.15. The molecule has 0 unspecified atom stereocenters. The van der Waals surface area contributed by atoms with Gasteiger partial charge in [0.1, 0.15) is 0 Å². The number of amides is 2. The van der Waals surface area contributed by atoms with E-state index in [2.05, 4.69) is 15.7 Å². The van der Waals surface area contributed by atoms with Crippen LogP contribution in [-0.2, 0) is 17.6 Å². The largest absolute Gasteiger partial charge is 0.358 e. The number of nitrogens with one attached hydrogen (secondary N) is 2. The molecule has 120 valence electrons. The fourth-order valence-electron chi connectivity index (χ4n) is 2.95. The van der Waals surface area contributed by atoms with Crippen molar-refractivity contribution in [3.8, 4) is 5.69 Å². The van der Waals surface area contributed by atoms with E-state index < -0.39 is 0 Å². The van der Waals surface area contributed by atoms with Crippen LogP contribution in [0.3, 0.4) is 0 Å². The Morgan fingerprint density at radius 2 is 2.04 bits per heavy atom. The normalized spacial score (nSPS) is 12.8. The third kappa shape index (κ3) is 2.84. The van der Waals surface area contributed by atoms with Gasteiger partial charge in [-0.1, -0.05) is 18.2 Å². The van der Waals surface area contributed by atoms with Crippen LogP contribution in [0.2, 0.25) is 0 Å². The molecule has 0 bridgehead atoms. The summed E-state index contributed by atoms with van der Waals surface area (Å²) in [5, 5.41) is 9.65. The number of carbonyl (C=O) groups is 2. The minimum atomic E-state index is -0.293. The van der Waals surface area contributed by atoms with Gasteiger partial charge in [0.05, 0.1) is 12.2 Å². The monoisotopic (exact) mass is 312 g/mol. The Balaban J connectivity index is 1.94. The number of fused-ring (bicyclic) bond motifs is 1. The maximum Gasteiger partial charge on any atom is 0.272 e. The highest BCUT2D eigenvalue weighted by molar-refractivity contribution is 5.96. The predicted octanol–water partition coefficient (Wildman–Crippen LogP) is 1.15. The lowest BCUT2D eigenvalue weighted by Crippen LogP contribution is -2.35. The molecule has 1 aromatic carbocycles. The summed E-state index contributed by atoms with van der Waals surface area (Å²) < 4.78 is 1.88. The molecule has 23 heavy (non-hydrogen) atoms. The number of carbonyl (C=O) groups excluding carboxylic acids is 2. The van der Waals surface area contributed by atoms with Crippen LogP contribution in [0, 0.1) is 6.92 Å². The van der Waals surface area contributed by atoms with Crippen LogP contribution in [0.5, 0.6) is 0 Å². The highest BCUT2D eigenvalue weighted by atomic mass is 16.2. The van der Waals surface area contributed by atoms with Gasteiger partial charge < -0.3 is 10.6 Å². The summed E-state index contributed by atoms with van der Waals surface area (Å²) in [7, 11) is 1.54. The zero-order valence-electron chi connectivity index (χ0n) is 13.3. The molecule has 2 N–H and O–H groups in total. The molecule has 2 aromatic rings. The Bertz CT molecular complexity index is 764. The van der Waals surface area contributed by atoms with Crippen molar-refractivity contribution in [1.82, 2.24) is 20.4 Å². The molecule has 1 aliphatic rings. The number of hydrogen-bond acceptors (Lipinski definition) is 3. The minimum Gasteiger partial charge on any atom is -0.358 e. The van der Waals surface area contributed by atoms with E-state index in [1.807, 2.05) is 35.9 Å². The van der Waals surface area contributed by atoms with Crippen molar-refractivity contribution in [2.45, 2.75) is 26.2 Å². The number of nitrogens with zero attached hydrogens (tertiary/aromatic N) is 2. The van der Waals surface area contributed by atoms with E-state index >= 15 is 0 Å². The number of rotatable bonds is 4. The Hall–Kier alpha value is -2.63. The van der Waals surface area contributed by atoms with Gasteiger partial charge in [-0.3, -0.25) is 9.59 Å². The summed E-state index contributed by atoms with van der Waals surface area (Å²) in [6.07, 6.45) is 2.79. The van der Waals surface area contributed by atoms with Crippen molar-refractivity contribution >= 4 is 11.8 Å². The zero-order chi connectivity index (χ0) is 16.4. The third-order valence-electron chi connectivity index (χ3n) is 4.18. The summed E-state index contributed by atoms with van der Waals surface area (Å²) in [6, 6.07) is 7.99. The molecule has 0 atom stereocenters. The topological polar surface area (TPSA) is 76.0 Å². The van der Waals surface area contributed by atoms with Gasteiger partial charge in [-0.25, -0.2) is 4.68 Å². The third-order valence-corrected chi connectivity index (χ3v) is 4.18. The molecule has 0 saturated heterocycles. The van der Waals surface area contributed by atoms with E-state index in [1.165, 1.54) is 0 Å². The zero-order valence-corrected chi connectivity index (χ0v) is 13.3. The molecule has 1 aliphatic carbocycles. The van der Waals surface area contributed by atoms with Crippen LogP contribution in [0.1, 0.15) is 33.7 Å². The van der Waals surface area contributed by atoms with E-state index in [0.29, 0.717) is 5.69 Å². The second-order valence-electron chi connectivity index (χ2n) is 5.68. The van der Waals surface area contributed by atoms with Gasteiger partial charge in [-0.05, 0) is 37.8 Å². The molecule has 0 saturated carbocycles. The molecule has 2 amide bonds. The van der Waals surface area contributed by atoms with Crippen LogP contribution in [-0.4, -0.2) is 35.2 Å². The number of aromatic nitrogens is 2. The van der Waals surface area contributed by atoms with Crippen LogP contribution < -0.4 is 10.6 Å². The van der Waals surface area contributed by atoms with Crippen molar-refractivity contribution in [3.63, 3.8) is 0 Å². The molecule has 6 heteroatoms. The predicted molar refractivity (Wildman–Crippen MR) is 86.7 cm³/mol. The van der Waals surface area contributed by atoms with Crippen molar-refractivity contribution in [1.29, 1.82) is 0 Å². The lowest BCUT2D eigenvalue weighted by Gasteiger charge is -2.08. The number of hydrogen-bond donors (Lipinski definition) is 2. The molecular weight excluding hydrogens is 292 g/mol. The van der Waals surface area contributed by atoms with Gasteiger partial charge in [0.25, 0.3) is 5.91 Å². The fourth-order valence-corrected chi connectivity index (χ4v) is 2.95. The molecule has 0 aliphatic heterocycles. The van der Waals surface area contributed by atoms with Crippen LogP contribution in [0.25, 0.3) is 5.69 Å². The number of benzene rings is 1. The highest BCUT2D eigenvalue weighted by Gasteiger charge is 2.27. The Labute approximate surface area is 134 Å². The quantitative estimate of drug-likeness (QED) is 0.889. The van der Waals surface area contributed by atoms with Crippen LogP contribution in [0.4, 0.5) is 0 Å². The fraction of sp³-hybridized carbons (Fsp3) is 0.353. The first-order valence-electron chi connectivity index (χ1n) is 7.77. The number of aryl methyl sites for hydroxylation is 1. The lowest BCUT2D eigenvalue weighted by atomic mass is 10.2. The first-order valence-corrected chi connectivity index (χ1v) is 7.77. The summed E-state index contributed by atoms with van der Waals surface area (Å²) in [5.41, 5.74) is 4.65. The highest BCUT2D eigenvalue weighted by Crippen LogP contribution is 2.28. The van der Waals surface area contributed by atoms with Gasteiger partial charge in [0.2, 0.25) is 5.91 Å². The average molecular weight is 312 g/mol. The van der Waals surface area contributed by atoms with Crippen molar-refractivity contribution in [3.05, 3.63) is 46.8 Å². The van der Waals surface area contributed by atoms with Gasteiger partial charge in [-0.15, -0.1) is 0 Å². The van der Waals surface area contributed by atoms with Crippen molar-refractivity contribution in [2.75, 3.05) is 13.6 Å². The summed E-state index contributed by atoms with van der Waals surface area (Å²) >= 11 is 0. The smallest absolute Gasteiger partial charge is 0.272 e. The Morgan fingerprint density at radius 1 is 1.26 bits per heavy atom. The van der Waals surface area contributed by atoms with Gasteiger partial charge in [0.15, 0.2) is 5.69 Å². The standard InChI is InChI=1S/C17H20N4O2/c1-11-6-3-4-8-13(11)21-14-9-5-7-12(14)16(20-21)17(23)19-10-15(22)18-2/h3-4,6,8H,5,7,9-10H2,1-2H3,(H,18,22)(H,19,23). The SMILES string of the molecule is CNC(=O)CNC(=O)c1nn(-c2ccccc2C)c2c1CCC2. The molecule has 3 rings (SSSR count).